The van der Waals surface area contributed by atoms with Crippen LogP contribution >= 0.6 is 11.8 Å². The van der Waals surface area contributed by atoms with Gasteiger partial charge in [-0.2, -0.15) is 11.8 Å². The summed E-state index contributed by atoms with van der Waals surface area (Å²) in [7, 11) is 0. The summed E-state index contributed by atoms with van der Waals surface area (Å²) in [5.74, 6) is 1.33. The number of rotatable bonds is 3. The molecule has 0 aromatic rings. The molecule has 94 valence electrons. The van der Waals surface area contributed by atoms with Gasteiger partial charge in [-0.3, -0.25) is 4.90 Å². The average molecular weight is 242 g/mol. The highest BCUT2D eigenvalue weighted by molar-refractivity contribution is 8.00. The van der Waals surface area contributed by atoms with Crippen molar-refractivity contribution < 1.29 is 0 Å². The molecule has 0 aromatic carbocycles. The summed E-state index contributed by atoms with van der Waals surface area (Å²) in [6.07, 6.45) is 5.45. The van der Waals surface area contributed by atoms with E-state index in [9.17, 15) is 0 Å². The molecule has 1 N–H and O–H groups in total. The van der Waals surface area contributed by atoms with Gasteiger partial charge in [0.2, 0.25) is 0 Å². The summed E-state index contributed by atoms with van der Waals surface area (Å²) in [5, 5.41) is 4.60. The number of nitrogens with one attached hydrogen (secondary N) is 1. The molecule has 2 fully saturated rings. The van der Waals surface area contributed by atoms with Crippen LogP contribution in [0.1, 0.15) is 39.5 Å². The maximum absolute atomic E-state index is 3.73. The molecular formula is C13H26N2S. The van der Waals surface area contributed by atoms with Gasteiger partial charge < -0.3 is 5.32 Å². The molecule has 0 amide bonds. The maximum Gasteiger partial charge on any atom is 0.0280 e. The average Bonchev–Trinajstić information content (AvgIpc) is 2.29. The molecule has 2 atom stereocenters. The number of hydrogen-bond acceptors (Lipinski definition) is 3. The van der Waals surface area contributed by atoms with Crippen LogP contribution in [0.25, 0.3) is 0 Å². The fourth-order valence-electron chi connectivity index (χ4n) is 2.92. The molecule has 16 heavy (non-hydrogen) atoms. The molecule has 0 bridgehead atoms. The number of nitrogens with zero attached hydrogens (tertiary/aromatic N) is 1. The predicted octanol–water partition coefficient (Wildman–Crippen LogP) is 2.35. The summed E-state index contributed by atoms with van der Waals surface area (Å²) in [6.45, 7) is 9.80. The SMILES string of the molecule is CCC1CN(CC2(C)CCCCN2)CCS1. The van der Waals surface area contributed by atoms with Gasteiger partial charge in [0.15, 0.2) is 0 Å². The molecule has 2 aliphatic heterocycles. The zero-order valence-electron chi connectivity index (χ0n) is 10.8. The normalized spacial score (nSPS) is 37.5. The van der Waals surface area contributed by atoms with Gasteiger partial charge in [-0.05, 0) is 32.7 Å². The van der Waals surface area contributed by atoms with Gasteiger partial charge in [0.05, 0.1) is 0 Å². The number of piperidine rings is 1. The predicted molar refractivity (Wildman–Crippen MR) is 73.2 cm³/mol. The molecule has 2 unspecified atom stereocenters. The van der Waals surface area contributed by atoms with Crippen molar-refractivity contribution in [2.45, 2.75) is 50.3 Å². The van der Waals surface area contributed by atoms with Crippen molar-refractivity contribution in [1.82, 2.24) is 10.2 Å². The molecule has 2 aliphatic rings. The van der Waals surface area contributed by atoms with Crippen LogP contribution in [0.4, 0.5) is 0 Å². The minimum absolute atomic E-state index is 0.387. The van der Waals surface area contributed by atoms with Gasteiger partial charge in [0.25, 0.3) is 0 Å². The number of hydrogen-bond donors (Lipinski definition) is 1. The van der Waals surface area contributed by atoms with E-state index in [-0.39, 0.29) is 0 Å². The van der Waals surface area contributed by atoms with Gasteiger partial charge in [-0.15, -0.1) is 0 Å². The first-order valence-electron chi connectivity index (χ1n) is 6.81. The van der Waals surface area contributed by atoms with Gasteiger partial charge in [0, 0.05) is 36.2 Å². The van der Waals surface area contributed by atoms with Crippen LogP contribution in [-0.4, -0.2) is 47.6 Å². The van der Waals surface area contributed by atoms with Crippen molar-refractivity contribution in [1.29, 1.82) is 0 Å². The Morgan fingerprint density at radius 2 is 2.31 bits per heavy atom. The molecule has 0 saturated carbocycles. The highest BCUT2D eigenvalue weighted by Gasteiger charge is 2.30. The van der Waals surface area contributed by atoms with E-state index in [0.717, 1.165) is 5.25 Å². The Morgan fingerprint density at radius 3 is 3.00 bits per heavy atom. The van der Waals surface area contributed by atoms with Crippen molar-refractivity contribution >= 4 is 11.8 Å². The van der Waals surface area contributed by atoms with Crippen LogP contribution in [-0.2, 0) is 0 Å². The molecule has 3 heteroatoms. The van der Waals surface area contributed by atoms with Gasteiger partial charge >= 0.3 is 0 Å². The fourth-order valence-corrected chi connectivity index (χ4v) is 4.17. The van der Waals surface area contributed by atoms with E-state index in [2.05, 4.69) is 35.8 Å². The maximum atomic E-state index is 3.73. The monoisotopic (exact) mass is 242 g/mol. The van der Waals surface area contributed by atoms with Crippen LogP contribution in [0.15, 0.2) is 0 Å². The van der Waals surface area contributed by atoms with Crippen molar-refractivity contribution in [3.8, 4) is 0 Å². The van der Waals surface area contributed by atoms with E-state index in [1.54, 1.807) is 0 Å². The van der Waals surface area contributed by atoms with Crippen LogP contribution in [0.2, 0.25) is 0 Å². The van der Waals surface area contributed by atoms with Crippen molar-refractivity contribution in [2.24, 2.45) is 0 Å². The Hall–Kier alpha value is 0.270. The summed E-state index contributed by atoms with van der Waals surface area (Å²) in [5.41, 5.74) is 0.387. The second kappa shape index (κ2) is 5.74. The minimum atomic E-state index is 0.387. The molecular weight excluding hydrogens is 216 g/mol. The third kappa shape index (κ3) is 3.38. The van der Waals surface area contributed by atoms with E-state index >= 15 is 0 Å². The lowest BCUT2D eigenvalue weighted by Crippen LogP contribution is -2.55. The molecule has 0 aromatic heterocycles. The molecule has 2 nitrogen and oxygen atoms in total. The Balaban J connectivity index is 1.83. The Kier molecular flexibility index (Phi) is 4.57. The zero-order valence-corrected chi connectivity index (χ0v) is 11.6. The Labute approximate surface area is 105 Å². The first kappa shape index (κ1) is 12.7. The lowest BCUT2D eigenvalue weighted by atomic mass is 9.90. The second-order valence-electron chi connectivity index (χ2n) is 5.58. The Bertz CT molecular complexity index is 214. The van der Waals surface area contributed by atoms with E-state index in [4.69, 9.17) is 0 Å². The summed E-state index contributed by atoms with van der Waals surface area (Å²) in [4.78, 5) is 2.68. The highest BCUT2D eigenvalue weighted by Crippen LogP contribution is 2.25. The van der Waals surface area contributed by atoms with Crippen LogP contribution in [0.5, 0.6) is 0 Å². The number of thioether (sulfide) groups is 1. The topological polar surface area (TPSA) is 15.3 Å². The van der Waals surface area contributed by atoms with E-state index < -0.39 is 0 Å². The molecule has 0 spiro atoms. The van der Waals surface area contributed by atoms with Crippen molar-refractivity contribution in [3.05, 3.63) is 0 Å². The van der Waals surface area contributed by atoms with Crippen molar-refractivity contribution in [3.63, 3.8) is 0 Å². The van der Waals surface area contributed by atoms with Crippen LogP contribution < -0.4 is 5.32 Å². The van der Waals surface area contributed by atoms with Crippen LogP contribution in [0, 0.1) is 0 Å². The minimum Gasteiger partial charge on any atom is -0.310 e. The summed E-state index contributed by atoms with van der Waals surface area (Å²) in [6, 6.07) is 0. The Morgan fingerprint density at radius 1 is 1.44 bits per heavy atom. The quantitative estimate of drug-likeness (QED) is 0.818. The molecule has 2 saturated heterocycles. The van der Waals surface area contributed by atoms with Crippen molar-refractivity contribution in [2.75, 3.05) is 31.9 Å². The van der Waals surface area contributed by atoms with Crippen LogP contribution in [0.3, 0.4) is 0 Å². The second-order valence-corrected chi connectivity index (χ2v) is 6.99. The standard InChI is InChI=1S/C13H26N2S/c1-3-12-10-15(8-9-16-12)11-13(2)6-4-5-7-14-13/h12,14H,3-11H2,1-2H3. The molecule has 2 rings (SSSR count). The third-order valence-electron chi connectivity index (χ3n) is 3.96. The highest BCUT2D eigenvalue weighted by atomic mass is 32.2. The largest absolute Gasteiger partial charge is 0.310 e. The van der Waals surface area contributed by atoms with Gasteiger partial charge in [0.1, 0.15) is 0 Å². The van der Waals surface area contributed by atoms with E-state index in [1.807, 2.05) is 0 Å². The molecule has 0 aliphatic carbocycles. The first-order chi connectivity index (χ1) is 7.72. The molecule has 0 radical (unpaired) electrons. The zero-order chi connectivity index (χ0) is 11.4. The summed E-state index contributed by atoms with van der Waals surface area (Å²) >= 11 is 2.17. The van der Waals surface area contributed by atoms with E-state index in [1.165, 1.54) is 57.6 Å². The lowest BCUT2D eigenvalue weighted by molar-refractivity contribution is 0.166. The van der Waals surface area contributed by atoms with Gasteiger partial charge in [-0.25, -0.2) is 0 Å². The molecule has 2 heterocycles. The van der Waals surface area contributed by atoms with Gasteiger partial charge in [-0.1, -0.05) is 13.3 Å². The van der Waals surface area contributed by atoms with E-state index in [0.29, 0.717) is 5.54 Å². The lowest BCUT2D eigenvalue weighted by Gasteiger charge is -2.42. The summed E-state index contributed by atoms with van der Waals surface area (Å²) < 4.78 is 0. The fraction of sp³-hybridized carbons (Fsp3) is 1.00. The first-order valence-corrected chi connectivity index (χ1v) is 7.86. The third-order valence-corrected chi connectivity index (χ3v) is 5.33. The smallest absolute Gasteiger partial charge is 0.0280 e.